The fourth-order valence-electron chi connectivity index (χ4n) is 4.32. The zero-order valence-electron chi connectivity index (χ0n) is 23.5. The van der Waals surface area contributed by atoms with Gasteiger partial charge in [-0.2, -0.15) is 0 Å². The number of rotatable bonds is 11. The number of hydrogen-bond acceptors (Lipinski definition) is 5. The molecule has 7 heteroatoms. The molecule has 4 rings (SSSR count). The van der Waals surface area contributed by atoms with E-state index >= 15 is 0 Å². The Morgan fingerprint density at radius 2 is 1.92 bits per heavy atom. The molecule has 1 unspecified atom stereocenters. The third kappa shape index (κ3) is 9.55. The van der Waals surface area contributed by atoms with Gasteiger partial charge in [0.1, 0.15) is 11.6 Å². The van der Waals surface area contributed by atoms with Crippen LogP contribution in [-0.2, 0) is 6.42 Å². The standard InChI is InChI=1S/C20H27ClN2O2S.C11H15F/c1-11-8-15(16(21)10-17(11)25-20(4,5)24)18-13(3)26-19(23-18)22-12(2)9-14-6-7-14;1-2-3-4-7-10-8-5-6-9-11(10)12/h8,10,12,14,24H,6-7,9H2,1-5H3,(H,22,23);5-6,8-9H,2-4,7H2,1H3. The van der Waals surface area contributed by atoms with Crippen molar-refractivity contribution in [3.8, 4) is 17.0 Å². The predicted octanol–water partition coefficient (Wildman–Crippen LogP) is 9.35. The molecule has 0 bridgehead atoms. The molecule has 1 aromatic heterocycles. The van der Waals surface area contributed by atoms with E-state index in [1.807, 2.05) is 25.1 Å². The van der Waals surface area contributed by atoms with Crippen LogP contribution in [0.5, 0.6) is 5.75 Å². The van der Waals surface area contributed by atoms with Gasteiger partial charge in [0.25, 0.3) is 0 Å². The van der Waals surface area contributed by atoms with E-state index in [0.717, 1.165) is 51.2 Å². The van der Waals surface area contributed by atoms with Gasteiger partial charge in [-0.15, -0.1) is 11.3 Å². The Morgan fingerprint density at radius 3 is 2.55 bits per heavy atom. The molecule has 1 fully saturated rings. The Balaban J connectivity index is 0.000000279. The number of nitrogens with one attached hydrogen (secondary N) is 1. The Labute approximate surface area is 236 Å². The lowest BCUT2D eigenvalue weighted by Crippen LogP contribution is -2.27. The van der Waals surface area contributed by atoms with Crippen molar-refractivity contribution in [2.24, 2.45) is 5.92 Å². The fourth-order valence-corrected chi connectivity index (χ4v) is 5.50. The summed E-state index contributed by atoms with van der Waals surface area (Å²) in [4.78, 5) is 5.91. The minimum Gasteiger partial charge on any atom is -0.463 e. The lowest BCUT2D eigenvalue weighted by molar-refractivity contribution is -0.105. The normalized spacial score (nSPS) is 14.0. The number of unbranched alkanes of at least 4 members (excludes halogenated alkanes) is 2. The van der Waals surface area contributed by atoms with Crippen molar-refractivity contribution in [2.75, 3.05) is 5.32 Å². The maximum Gasteiger partial charge on any atom is 0.202 e. The number of ether oxygens (including phenoxy) is 1. The zero-order chi connectivity index (χ0) is 27.9. The predicted molar refractivity (Wildman–Crippen MR) is 159 cm³/mol. The summed E-state index contributed by atoms with van der Waals surface area (Å²) in [5, 5.41) is 14.9. The highest BCUT2D eigenvalue weighted by atomic mass is 35.5. The minimum absolute atomic E-state index is 0.0615. The molecule has 2 aromatic carbocycles. The molecule has 0 radical (unpaired) electrons. The highest BCUT2D eigenvalue weighted by Gasteiger charge is 2.24. The van der Waals surface area contributed by atoms with Crippen molar-refractivity contribution in [3.05, 3.63) is 63.2 Å². The van der Waals surface area contributed by atoms with E-state index in [2.05, 4.69) is 26.1 Å². The largest absolute Gasteiger partial charge is 0.463 e. The monoisotopic (exact) mass is 560 g/mol. The Hall–Kier alpha value is -2.15. The van der Waals surface area contributed by atoms with Gasteiger partial charge in [-0.25, -0.2) is 9.37 Å². The molecular weight excluding hydrogens is 519 g/mol. The number of anilines is 1. The van der Waals surface area contributed by atoms with Gasteiger partial charge in [0.05, 0.1) is 10.7 Å². The van der Waals surface area contributed by atoms with Gasteiger partial charge in [-0.3, -0.25) is 0 Å². The number of aryl methyl sites for hydroxylation is 3. The summed E-state index contributed by atoms with van der Waals surface area (Å²) in [6.45, 7) is 11.6. The summed E-state index contributed by atoms with van der Waals surface area (Å²) in [5.41, 5.74) is 3.56. The first-order valence-corrected chi connectivity index (χ1v) is 14.9. The summed E-state index contributed by atoms with van der Waals surface area (Å²) in [6, 6.07) is 11.2. The number of halogens is 2. The van der Waals surface area contributed by atoms with Crippen molar-refractivity contribution in [1.29, 1.82) is 0 Å². The fraction of sp³-hybridized carbons (Fsp3) is 0.516. The molecule has 38 heavy (non-hydrogen) atoms. The molecule has 1 aliphatic rings. The average molecular weight is 561 g/mol. The molecule has 0 amide bonds. The van der Waals surface area contributed by atoms with Crippen LogP contribution < -0.4 is 10.1 Å². The van der Waals surface area contributed by atoms with Crippen molar-refractivity contribution in [2.45, 2.75) is 98.3 Å². The number of hydrogen-bond donors (Lipinski definition) is 2. The highest BCUT2D eigenvalue weighted by molar-refractivity contribution is 7.16. The molecule has 3 aromatic rings. The van der Waals surface area contributed by atoms with Gasteiger partial charge < -0.3 is 15.2 Å². The van der Waals surface area contributed by atoms with Crippen LogP contribution in [0.4, 0.5) is 9.52 Å². The molecule has 0 aliphatic heterocycles. The van der Waals surface area contributed by atoms with Gasteiger partial charge in [0, 0.05) is 30.3 Å². The van der Waals surface area contributed by atoms with Gasteiger partial charge in [-0.1, -0.05) is 62.4 Å². The van der Waals surface area contributed by atoms with Gasteiger partial charge >= 0.3 is 0 Å². The van der Waals surface area contributed by atoms with Crippen LogP contribution in [0.2, 0.25) is 5.02 Å². The second-order valence-corrected chi connectivity index (χ2v) is 12.5. The van der Waals surface area contributed by atoms with E-state index < -0.39 is 5.79 Å². The Kier molecular flexibility index (Phi) is 11.0. The average Bonchev–Trinajstić information content (AvgIpc) is 3.57. The second-order valence-electron chi connectivity index (χ2n) is 10.8. The van der Waals surface area contributed by atoms with Gasteiger partial charge in [0.2, 0.25) is 5.79 Å². The molecule has 1 heterocycles. The third-order valence-electron chi connectivity index (χ3n) is 6.44. The van der Waals surface area contributed by atoms with Crippen LogP contribution in [-0.4, -0.2) is 21.9 Å². The van der Waals surface area contributed by atoms with Crippen LogP contribution in [0, 0.1) is 25.6 Å². The lowest BCUT2D eigenvalue weighted by Gasteiger charge is -2.21. The lowest BCUT2D eigenvalue weighted by atomic mass is 10.1. The minimum atomic E-state index is -1.25. The van der Waals surface area contributed by atoms with E-state index in [1.165, 1.54) is 38.2 Å². The van der Waals surface area contributed by atoms with Crippen LogP contribution in [0.25, 0.3) is 11.3 Å². The first-order chi connectivity index (χ1) is 18.0. The molecule has 208 valence electrons. The van der Waals surface area contributed by atoms with Crippen molar-refractivity contribution in [1.82, 2.24) is 4.98 Å². The Morgan fingerprint density at radius 1 is 1.21 bits per heavy atom. The summed E-state index contributed by atoms with van der Waals surface area (Å²) in [6.07, 6.45) is 8.28. The van der Waals surface area contributed by atoms with E-state index in [4.69, 9.17) is 21.3 Å². The van der Waals surface area contributed by atoms with Crippen LogP contribution in [0.3, 0.4) is 0 Å². The maximum absolute atomic E-state index is 13.0. The molecule has 1 aliphatic carbocycles. The zero-order valence-corrected chi connectivity index (χ0v) is 25.1. The van der Waals surface area contributed by atoms with Gasteiger partial charge in [-0.05, 0) is 75.3 Å². The highest BCUT2D eigenvalue weighted by Crippen LogP contribution is 2.39. The first kappa shape index (κ1) is 30.4. The van der Waals surface area contributed by atoms with Crippen LogP contribution in [0.1, 0.15) is 82.2 Å². The van der Waals surface area contributed by atoms with E-state index in [9.17, 15) is 9.50 Å². The smallest absolute Gasteiger partial charge is 0.202 e. The molecule has 1 atom stereocenters. The SMILES string of the molecule is CCCCCc1ccccc1F.Cc1cc(-c2nc(NC(C)CC3CC3)sc2C)c(Cl)cc1OC(C)(C)O. The quantitative estimate of drug-likeness (QED) is 0.181. The molecule has 0 saturated heterocycles. The summed E-state index contributed by atoms with van der Waals surface area (Å²) in [5.74, 6) is 0.156. The van der Waals surface area contributed by atoms with E-state index in [0.29, 0.717) is 16.8 Å². The molecule has 2 N–H and O–H groups in total. The number of aromatic nitrogens is 1. The number of aliphatic hydroxyl groups is 1. The molecular formula is C31H42ClFN2O2S. The van der Waals surface area contributed by atoms with Crippen LogP contribution >= 0.6 is 22.9 Å². The summed E-state index contributed by atoms with van der Waals surface area (Å²) >= 11 is 8.17. The second kappa shape index (κ2) is 13.8. The third-order valence-corrected chi connectivity index (χ3v) is 7.65. The number of nitrogens with zero attached hydrogens (tertiary/aromatic N) is 1. The van der Waals surface area contributed by atoms with Crippen molar-refractivity contribution < 1.29 is 14.2 Å². The van der Waals surface area contributed by atoms with Crippen LogP contribution in [0.15, 0.2) is 36.4 Å². The summed E-state index contributed by atoms with van der Waals surface area (Å²) in [7, 11) is 0. The number of thiazole rings is 1. The van der Waals surface area contributed by atoms with Crippen molar-refractivity contribution in [3.63, 3.8) is 0 Å². The molecule has 1 saturated carbocycles. The first-order valence-electron chi connectivity index (χ1n) is 13.7. The molecule has 4 nitrogen and oxygen atoms in total. The van der Waals surface area contributed by atoms with Gasteiger partial charge in [0.15, 0.2) is 5.13 Å². The Bertz CT molecular complexity index is 1190. The van der Waals surface area contributed by atoms with E-state index in [-0.39, 0.29) is 5.82 Å². The number of benzene rings is 2. The summed E-state index contributed by atoms with van der Waals surface area (Å²) < 4.78 is 18.6. The molecule has 0 spiro atoms. The van der Waals surface area contributed by atoms with Crippen molar-refractivity contribution >= 4 is 28.1 Å². The topological polar surface area (TPSA) is 54.4 Å². The maximum atomic E-state index is 13.0. The van der Waals surface area contributed by atoms with E-state index in [1.54, 1.807) is 37.3 Å².